The second-order valence-corrected chi connectivity index (χ2v) is 6.66. The molecule has 1 saturated heterocycles. The maximum absolute atomic E-state index is 12.6. The van der Waals surface area contributed by atoms with Crippen molar-refractivity contribution in [2.75, 3.05) is 13.2 Å². The maximum Gasteiger partial charge on any atom is 0.274 e. The van der Waals surface area contributed by atoms with Crippen LogP contribution in [0.15, 0.2) is 15.1 Å². The number of hydrogen-bond acceptors (Lipinski definition) is 6. The summed E-state index contributed by atoms with van der Waals surface area (Å²) in [6.07, 6.45) is 4.61. The summed E-state index contributed by atoms with van der Waals surface area (Å²) < 4.78 is 16.2. The molecule has 7 nitrogen and oxygen atoms in total. The van der Waals surface area contributed by atoms with Crippen LogP contribution in [0.2, 0.25) is 0 Å². The smallest absolute Gasteiger partial charge is 0.274 e. The van der Waals surface area contributed by atoms with Crippen LogP contribution in [0.25, 0.3) is 0 Å². The molecule has 24 heavy (non-hydrogen) atoms. The molecule has 1 aliphatic carbocycles. The first kappa shape index (κ1) is 15.4. The number of amides is 1. The summed E-state index contributed by atoms with van der Waals surface area (Å²) in [5, 5.41) is 11.0. The van der Waals surface area contributed by atoms with Gasteiger partial charge in [-0.1, -0.05) is 10.3 Å². The van der Waals surface area contributed by atoms with Crippen molar-refractivity contribution in [3.63, 3.8) is 0 Å². The van der Waals surface area contributed by atoms with E-state index in [0.717, 1.165) is 48.5 Å². The van der Waals surface area contributed by atoms with Crippen molar-refractivity contribution in [2.24, 2.45) is 5.92 Å². The lowest BCUT2D eigenvalue weighted by molar-refractivity contribution is 0.0914. The van der Waals surface area contributed by atoms with E-state index in [1.54, 1.807) is 0 Å². The van der Waals surface area contributed by atoms with E-state index in [9.17, 15) is 4.79 Å². The summed E-state index contributed by atoms with van der Waals surface area (Å²) in [7, 11) is 0. The fraction of sp³-hybridized carbons (Fsp3) is 0.588. The molecule has 4 rings (SSSR count). The third-order valence-electron chi connectivity index (χ3n) is 4.82. The van der Waals surface area contributed by atoms with E-state index in [0.29, 0.717) is 25.3 Å². The number of nitrogens with zero attached hydrogens (tertiary/aromatic N) is 2. The molecule has 3 heterocycles. The minimum Gasteiger partial charge on any atom is -0.379 e. The van der Waals surface area contributed by atoms with Crippen LogP contribution in [0.5, 0.6) is 0 Å². The highest BCUT2D eigenvalue weighted by molar-refractivity contribution is 5.94. The van der Waals surface area contributed by atoms with Crippen molar-refractivity contribution in [1.82, 2.24) is 15.6 Å². The number of hydrogen-bond donors (Lipinski definition) is 1. The Balaban J connectivity index is 1.44. The molecule has 0 unspecified atom stereocenters. The number of aryl methyl sites for hydroxylation is 2. The van der Waals surface area contributed by atoms with Gasteiger partial charge in [-0.15, -0.1) is 0 Å². The van der Waals surface area contributed by atoms with Gasteiger partial charge in [-0.2, -0.15) is 0 Å². The molecule has 1 N–H and O–H groups in total. The van der Waals surface area contributed by atoms with Crippen molar-refractivity contribution in [1.29, 1.82) is 0 Å². The number of fused-ring (bicyclic) bond motifs is 1. The van der Waals surface area contributed by atoms with Crippen molar-refractivity contribution < 1.29 is 18.6 Å². The molecule has 2 aliphatic rings. The molecule has 2 aromatic rings. The van der Waals surface area contributed by atoms with Gasteiger partial charge in [-0.05, 0) is 26.2 Å². The molecular formula is C17H21N3O4. The maximum atomic E-state index is 12.6. The molecule has 1 aliphatic heterocycles. The lowest BCUT2D eigenvalue weighted by Gasteiger charge is -2.18. The molecular weight excluding hydrogens is 310 g/mol. The SMILES string of the molecule is Cc1cc(C[C@@H]2COC[C@@H]2NC(=O)c2noc3c2CCCC3)on1. The number of ether oxygens (including phenoxy) is 1. The Labute approximate surface area is 139 Å². The molecule has 0 saturated carbocycles. The van der Waals surface area contributed by atoms with Crippen LogP contribution < -0.4 is 5.32 Å². The molecule has 1 fully saturated rings. The summed E-state index contributed by atoms with van der Waals surface area (Å²) in [5.74, 6) is 1.68. The van der Waals surface area contributed by atoms with Crippen LogP contribution in [0.4, 0.5) is 0 Å². The molecule has 0 aromatic carbocycles. The summed E-state index contributed by atoms with van der Waals surface area (Å²) in [4.78, 5) is 12.6. The van der Waals surface area contributed by atoms with Crippen molar-refractivity contribution in [3.05, 3.63) is 34.5 Å². The van der Waals surface area contributed by atoms with Crippen LogP contribution in [-0.4, -0.2) is 35.5 Å². The zero-order valence-corrected chi connectivity index (χ0v) is 13.7. The van der Waals surface area contributed by atoms with Crippen LogP contribution in [0.1, 0.15) is 46.1 Å². The van der Waals surface area contributed by atoms with Gasteiger partial charge in [-0.25, -0.2) is 0 Å². The number of rotatable bonds is 4. The van der Waals surface area contributed by atoms with Crippen LogP contribution in [-0.2, 0) is 24.0 Å². The van der Waals surface area contributed by atoms with Gasteiger partial charge in [0.1, 0.15) is 11.5 Å². The van der Waals surface area contributed by atoms with Crippen molar-refractivity contribution >= 4 is 5.91 Å². The average molecular weight is 331 g/mol. The second-order valence-electron chi connectivity index (χ2n) is 6.66. The van der Waals surface area contributed by atoms with Gasteiger partial charge in [0.2, 0.25) is 0 Å². The fourth-order valence-corrected chi connectivity index (χ4v) is 3.53. The summed E-state index contributed by atoms with van der Waals surface area (Å²) in [6, 6.07) is 1.87. The third-order valence-corrected chi connectivity index (χ3v) is 4.82. The predicted octanol–water partition coefficient (Wildman–Crippen LogP) is 1.84. The van der Waals surface area contributed by atoms with E-state index in [2.05, 4.69) is 15.6 Å². The van der Waals surface area contributed by atoms with Crippen molar-refractivity contribution in [2.45, 2.75) is 45.1 Å². The number of carbonyl (C=O) groups is 1. The standard InChI is InChI=1S/C17H21N3O4/c1-10-6-12(23-19-10)7-11-8-22-9-14(11)18-17(21)16-13-4-2-3-5-15(13)24-20-16/h6,11,14H,2-5,7-9H2,1H3,(H,18,21)/t11-,14+/m1/s1. The number of nitrogens with one attached hydrogen (secondary N) is 1. The Kier molecular flexibility index (Phi) is 4.10. The quantitative estimate of drug-likeness (QED) is 0.919. The first-order valence-corrected chi connectivity index (χ1v) is 8.49. The molecule has 2 atom stereocenters. The Morgan fingerprint density at radius 3 is 2.96 bits per heavy atom. The van der Waals surface area contributed by atoms with Gasteiger partial charge in [-0.3, -0.25) is 4.79 Å². The topological polar surface area (TPSA) is 90.4 Å². The second kappa shape index (κ2) is 6.39. The van der Waals surface area contributed by atoms with E-state index in [1.807, 2.05) is 13.0 Å². The molecule has 7 heteroatoms. The van der Waals surface area contributed by atoms with Gasteiger partial charge in [0.05, 0.1) is 24.9 Å². The lowest BCUT2D eigenvalue weighted by atomic mass is 9.95. The fourth-order valence-electron chi connectivity index (χ4n) is 3.53. The average Bonchev–Trinajstić information content (AvgIpc) is 3.28. The Bertz CT molecular complexity index is 736. The first-order chi connectivity index (χ1) is 11.7. The largest absolute Gasteiger partial charge is 0.379 e. The van der Waals surface area contributed by atoms with Gasteiger partial charge >= 0.3 is 0 Å². The Morgan fingerprint density at radius 2 is 2.12 bits per heavy atom. The van der Waals surface area contributed by atoms with Crippen LogP contribution in [0.3, 0.4) is 0 Å². The zero-order chi connectivity index (χ0) is 16.5. The van der Waals surface area contributed by atoms with Crippen molar-refractivity contribution in [3.8, 4) is 0 Å². The van der Waals surface area contributed by atoms with E-state index < -0.39 is 0 Å². The number of carbonyl (C=O) groups excluding carboxylic acids is 1. The minimum atomic E-state index is -0.170. The monoisotopic (exact) mass is 331 g/mol. The molecule has 0 spiro atoms. The van der Waals surface area contributed by atoms with E-state index in [1.165, 1.54) is 0 Å². The van der Waals surface area contributed by atoms with E-state index in [-0.39, 0.29) is 17.9 Å². The van der Waals surface area contributed by atoms with Gasteiger partial charge in [0.15, 0.2) is 5.69 Å². The molecule has 2 aromatic heterocycles. The van der Waals surface area contributed by atoms with E-state index in [4.69, 9.17) is 13.8 Å². The van der Waals surface area contributed by atoms with Gasteiger partial charge in [0, 0.05) is 30.4 Å². The Morgan fingerprint density at radius 1 is 1.25 bits per heavy atom. The summed E-state index contributed by atoms with van der Waals surface area (Å²) in [6.45, 7) is 3.00. The minimum absolute atomic E-state index is 0.0566. The lowest BCUT2D eigenvalue weighted by Crippen LogP contribution is -2.41. The van der Waals surface area contributed by atoms with Gasteiger partial charge < -0.3 is 19.1 Å². The highest BCUT2D eigenvalue weighted by Gasteiger charge is 2.33. The zero-order valence-electron chi connectivity index (χ0n) is 13.7. The highest BCUT2D eigenvalue weighted by atomic mass is 16.5. The predicted molar refractivity (Wildman–Crippen MR) is 83.7 cm³/mol. The number of aromatic nitrogens is 2. The van der Waals surface area contributed by atoms with Crippen LogP contribution >= 0.6 is 0 Å². The van der Waals surface area contributed by atoms with Crippen LogP contribution in [0, 0.1) is 12.8 Å². The molecule has 1 amide bonds. The summed E-state index contributed by atoms with van der Waals surface area (Å²) >= 11 is 0. The molecule has 0 bridgehead atoms. The molecule has 128 valence electrons. The normalized spacial score (nSPS) is 23.2. The highest BCUT2D eigenvalue weighted by Crippen LogP contribution is 2.25. The first-order valence-electron chi connectivity index (χ1n) is 8.49. The van der Waals surface area contributed by atoms with E-state index >= 15 is 0 Å². The third kappa shape index (κ3) is 2.96. The van der Waals surface area contributed by atoms with Gasteiger partial charge in [0.25, 0.3) is 5.91 Å². The Hall–Kier alpha value is -2.15. The summed E-state index contributed by atoms with van der Waals surface area (Å²) in [5.41, 5.74) is 2.27. The molecule has 0 radical (unpaired) electrons.